The largest absolute Gasteiger partial charge is 0.418 e. The van der Waals surface area contributed by atoms with Gasteiger partial charge >= 0.3 is 0 Å². The fourth-order valence-electron chi connectivity index (χ4n) is 4.12. The van der Waals surface area contributed by atoms with Crippen LogP contribution in [0.2, 0.25) is 0 Å². The molecule has 0 spiro atoms. The van der Waals surface area contributed by atoms with E-state index < -0.39 is 17.7 Å². The first-order valence-electron chi connectivity index (χ1n) is 12.5. The molecule has 2 amide bonds. The second-order valence-corrected chi connectivity index (χ2v) is 9.55. The lowest BCUT2D eigenvalue weighted by Crippen LogP contribution is -2.49. The van der Waals surface area contributed by atoms with Crippen molar-refractivity contribution in [1.29, 1.82) is 0 Å². The molecule has 2 N–H and O–H groups in total. The number of nitrogens with one attached hydrogen (secondary N) is 2. The van der Waals surface area contributed by atoms with Crippen molar-refractivity contribution in [2.75, 3.05) is 6.54 Å². The summed E-state index contributed by atoms with van der Waals surface area (Å²) in [6.45, 7) is 5.64. The van der Waals surface area contributed by atoms with Crippen LogP contribution in [0.4, 0.5) is 0 Å². The minimum atomic E-state index is -0.895. The van der Waals surface area contributed by atoms with Crippen molar-refractivity contribution in [1.82, 2.24) is 25.4 Å². The monoisotopic (exact) mass is 513 g/mol. The minimum absolute atomic E-state index is 0.157. The predicted octanol–water partition coefficient (Wildman–Crippen LogP) is 3.96. The zero-order valence-corrected chi connectivity index (χ0v) is 21.7. The average Bonchev–Trinajstić information content (AvgIpc) is 3.59. The molecule has 2 aromatic heterocycles. The molecule has 9 heteroatoms. The Morgan fingerprint density at radius 3 is 2.42 bits per heavy atom. The van der Waals surface area contributed by atoms with Crippen molar-refractivity contribution in [3.8, 4) is 0 Å². The highest BCUT2D eigenvalue weighted by atomic mass is 16.4. The molecule has 0 saturated carbocycles. The number of benzene rings is 2. The van der Waals surface area contributed by atoms with E-state index in [1.54, 1.807) is 18.3 Å². The number of rotatable bonds is 11. The highest BCUT2D eigenvalue weighted by Gasteiger charge is 2.30. The Hall–Kier alpha value is -4.53. The number of carbonyl (C=O) groups excluding carboxylic acids is 3. The highest BCUT2D eigenvalue weighted by molar-refractivity contribution is 5.99. The Morgan fingerprint density at radius 2 is 1.74 bits per heavy atom. The second kappa shape index (κ2) is 12.1. The molecule has 0 unspecified atom stereocenters. The van der Waals surface area contributed by atoms with Gasteiger partial charge in [-0.15, -0.1) is 10.2 Å². The third-order valence-electron chi connectivity index (χ3n) is 6.05. The van der Waals surface area contributed by atoms with Crippen LogP contribution in [-0.4, -0.2) is 50.3 Å². The molecule has 0 radical (unpaired) electrons. The number of amides is 2. The second-order valence-electron chi connectivity index (χ2n) is 9.55. The number of H-pyrrole nitrogens is 1. The Labute approximate surface area is 221 Å². The molecule has 38 heavy (non-hydrogen) atoms. The summed E-state index contributed by atoms with van der Waals surface area (Å²) in [4.78, 5) is 43.8. The maximum Gasteiger partial charge on any atom is 0.286 e. The van der Waals surface area contributed by atoms with E-state index in [0.29, 0.717) is 18.0 Å². The third-order valence-corrected chi connectivity index (χ3v) is 6.05. The fraction of sp³-hybridized carbons (Fsp3) is 0.276. The van der Waals surface area contributed by atoms with Crippen molar-refractivity contribution in [3.63, 3.8) is 0 Å². The first-order valence-corrected chi connectivity index (χ1v) is 12.5. The van der Waals surface area contributed by atoms with E-state index in [0.717, 1.165) is 16.7 Å². The number of ketones is 1. The Kier molecular flexibility index (Phi) is 8.47. The fourth-order valence-corrected chi connectivity index (χ4v) is 4.12. The van der Waals surface area contributed by atoms with Gasteiger partial charge in [0.05, 0.1) is 12.5 Å². The van der Waals surface area contributed by atoms with Crippen LogP contribution in [0.25, 0.3) is 0 Å². The first-order chi connectivity index (χ1) is 18.3. The summed E-state index contributed by atoms with van der Waals surface area (Å²) in [5.74, 6) is -1.35. The summed E-state index contributed by atoms with van der Waals surface area (Å²) in [6, 6.07) is 19.8. The van der Waals surface area contributed by atoms with Gasteiger partial charge in [0.2, 0.25) is 17.6 Å². The summed E-state index contributed by atoms with van der Waals surface area (Å²) < 4.78 is 5.66. The summed E-state index contributed by atoms with van der Waals surface area (Å²) in [5, 5.41) is 10.7. The third kappa shape index (κ3) is 6.82. The van der Waals surface area contributed by atoms with Gasteiger partial charge in [-0.3, -0.25) is 14.4 Å². The number of aryl methyl sites for hydroxylation is 1. The average molecular weight is 514 g/mol. The van der Waals surface area contributed by atoms with Crippen LogP contribution in [0.1, 0.15) is 57.6 Å². The number of carbonyl (C=O) groups is 3. The van der Waals surface area contributed by atoms with E-state index in [2.05, 4.69) is 20.5 Å². The maximum absolute atomic E-state index is 13.2. The molecule has 0 aliphatic rings. The van der Waals surface area contributed by atoms with Crippen LogP contribution >= 0.6 is 0 Å². The van der Waals surface area contributed by atoms with Crippen LogP contribution < -0.4 is 5.32 Å². The van der Waals surface area contributed by atoms with Gasteiger partial charge in [-0.05, 0) is 36.1 Å². The van der Waals surface area contributed by atoms with Crippen molar-refractivity contribution in [3.05, 3.63) is 107 Å². The molecule has 1 atom stereocenters. The summed E-state index contributed by atoms with van der Waals surface area (Å²) in [7, 11) is 0. The zero-order chi connectivity index (χ0) is 27.1. The van der Waals surface area contributed by atoms with E-state index in [4.69, 9.17) is 4.42 Å². The van der Waals surface area contributed by atoms with Gasteiger partial charge in [0, 0.05) is 12.7 Å². The predicted molar refractivity (Wildman–Crippen MR) is 141 cm³/mol. The lowest BCUT2D eigenvalue weighted by molar-refractivity contribution is -0.122. The Balaban J connectivity index is 1.45. The number of nitrogens with zero attached hydrogens (tertiary/aromatic N) is 3. The van der Waals surface area contributed by atoms with Crippen molar-refractivity contribution >= 4 is 17.6 Å². The van der Waals surface area contributed by atoms with E-state index in [-0.39, 0.29) is 30.8 Å². The molecular weight excluding hydrogens is 482 g/mol. The summed E-state index contributed by atoms with van der Waals surface area (Å²) in [5.41, 5.74) is 3.35. The molecule has 0 aliphatic heterocycles. The molecule has 196 valence electrons. The Morgan fingerprint density at radius 1 is 0.974 bits per heavy atom. The van der Waals surface area contributed by atoms with Crippen LogP contribution in [0.3, 0.4) is 0 Å². The molecule has 0 bridgehead atoms. The van der Waals surface area contributed by atoms with Crippen LogP contribution in [0.15, 0.2) is 77.3 Å². The number of hydrogen-bond acceptors (Lipinski definition) is 6. The van der Waals surface area contributed by atoms with Crippen LogP contribution in [0.5, 0.6) is 0 Å². The van der Waals surface area contributed by atoms with Crippen molar-refractivity contribution in [2.45, 2.75) is 39.8 Å². The van der Waals surface area contributed by atoms with Crippen molar-refractivity contribution in [2.24, 2.45) is 5.92 Å². The van der Waals surface area contributed by atoms with Gasteiger partial charge in [-0.1, -0.05) is 74.0 Å². The minimum Gasteiger partial charge on any atom is -0.418 e. The van der Waals surface area contributed by atoms with Gasteiger partial charge in [0.25, 0.3) is 11.8 Å². The van der Waals surface area contributed by atoms with Gasteiger partial charge in [-0.2, -0.15) is 0 Å². The molecule has 0 fully saturated rings. The van der Waals surface area contributed by atoms with Crippen LogP contribution in [0, 0.1) is 12.8 Å². The van der Waals surface area contributed by atoms with E-state index >= 15 is 0 Å². The molecule has 2 aromatic carbocycles. The van der Waals surface area contributed by atoms with E-state index in [1.807, 2.05) is 75.4 Å². The number of hydrogen-bond donors (Lipinski definition) is 2. The smallest absolute Gasteiger partial charge is 0.286 e. The van der Waals surface area contributed by atoms with E-state index in [1.165, 1.54) is 4.90 Å². The number of aromatic nitrogens is 3. The summed E-state index contributed by atoms with van der Waals surface area (Å²) >= 11 is 0. The van der Waals surface area contributed by atoms with Crippen LogP contribution in [-0.2, 0) is 17.8 Å². The number of aromatic amines is 1. The number of Topliss-reactive ketones (excluding diaryl/α,β-unsaturated/α-hetero) is 1. The maximum atomic E-state index is 13.2. The lowest BCUT2D eigenvalue weighted by atomic mass is 9.99. The Bertz CT molecular complexity index is 1380. The summed E-state index contributed by atoms with van der Waals surface area (Å²) in [6.07, 6.45) is 2.05. The molecular formula is C29H31N5O4. The molecule has 0 aliphatic carbocycles. The topological polar surface area (TPSA) is 121 Å². The molecule has 2 heterocycles. The molecule has 9 nitrogen and oxygen atoms in total. The van der Waals surface area contributed by atoms with Gasteiger partial charge < -0.3 is 19.6 Å². The first kappa shape index (κ1) is 26.5. The quantitative estimate of drug-likeness (QED) is 0.293. The molecule has 4 rings (SSSR count). The van der Waals surface area contributed by atoms with E-state index in [9.17, 15) is 14.4 Å². The standard InChI is InChI=1S/C29H31N5O4/c1-19(2)26(27(36)28-33-32-25(38-28)16-22-12-7-9-20(3)15-22)31-24(35)18-34(17-21-10-5-4-6-11-21)29(37)23-13-8-14-30-23/h4-15,19,26,30H,16-18H2,1-3H3,(H,31,35)/t26-/m0/s1. The van der Waals surface area contributed by atoms with Gasteiger partial charge in [0.1, 0.15) is 12.2 Å². The normalized spacial score (nSPS) is 11.8. The zero-order valence-electron chi connectivity index (χ0n) is 21.7. The molecule has 0 saturated heterocycles. The lowest BCUT2D eigenvalue weighted by Gasteiger charge is -2.25. The SMILES string of the molecule is Cc1cccc(Cc2nnc(C(=O)[C@@H](NC(=O)CN(Cc3ccccc3)C(=O)c3ccc[nH]3)C(C)C)o2)c1. The van der Waals surface area contributed by atoms with Crippen molar-refractivity contribution < 1.29 is 18.8 Å². The van der Waals surface area contributed by atoms with Gasteiger partial charge in [0.15, 0.2) is 0 Å². The van der Waals surface area contributed by atoms with Gasteiger partial charge in [-0.25, -0.2) is 0 Å². The highest BCUT2D eigenvalue weighted by Crippen LogP contribution is 2.15. The molecule has 4 aromatic rings.